The van der Waals surface area contributed by atoms with E-state index in [0.717, 1.165) is 18.4 Å². The lowest BCUT2D eigenvalue weighted by atomic mass is 9.89. The Bertz CT molecular complexity index is 477. The largest absolute Gasteiger partial charge is 0.469 e. The number of esters is 1. The van der Waals surface area contributed by atoms with Crippen LogP contribution in [0, 0.1) is 0 Å². The summed E-state index contributed by atoms with van der Waals surface area (Å²) in [5.74, 6) is -0.129. The maximum Gasteiger partial charge on any atom is 0.305 e. The van der Waals surface area contributed by atoms with E-state index in [-0.39, 0.29) is 11.8 Å². The number of ether oxygens (including phenoxy) is 1. The molecule has 1 aromatic rings. The third-order valence-corrected chi connectivity index (χ3v) is 3.68. The predicted octanol–water partition coefficient (Wildman–Crippen LogP) is 3.09. The number of rotatable bonds is 5. The molecule has 0 unspecified atom stereocenters. The lowest BCUT2D eigenvalue weighted by molar-refractivity contribution is -0.140. The van der Waals surface area contributed by atoms with E-state index in [1.54, 1.807) is 0 Å². The smallest absolute Gasteiger partial charge is 0.305 e. The van der Waals surface area contributed by atoms with Gasteiger partial charge >= 0.3 is 5.97 Å². The van der Waals surface area contributed by atoms with E-state index in [2.05, 4.69) is 10.8 Å². The van der Waals surface area contributed by atoms with Crippen LogP contribution in [0.3, 0.4) is 0 Å². The van der Waals surface area contributed by atoms with Crippen LogP contribution in [0.25, 0.3) is 0 Å². The minimum Gasteiger partial charge on any atom is -0.469 e. The summed E-state index contributed by atoms with van der Waals surface area (Å²) in [6, 6.07) is 6.04. The maximum absolute atomic E-state index is 12.0. The van der Waals surface area contributed by atoms with E-state index in [0.29, 0.717) is 19.3 Å². The molecule has 0 heterocycles. The molecule has 1 aromatic carbocycles. The summed E-state index contributed by atoms with van der Waals surface area (Å²) in [5, 5.41) is 0. The average Bonchev–Trinajstić information content (AvgIpc) is 2.46. The van der Waals surface area contributed by atoms with Gasteiger partial charge in [0.25, 0.3) is 0 Å². The molecule has 102 valence electrons. The molecule has 2 rings (SSSR count). The highest BCUT2D eigenvalue weighted by molar-refractivity contribution is 5.96. The standard InChI is InChI=1S/C16H20O3/c1-19-16(18)8-4-7-15(17)14-10-9-12-5-2-3-6-13(12)11-14/h9-11H,2-8H2,1H3. The van der Waals surface area contributed by atoms with E-state index in [1.165, 1.54) is 31.1 Å². The number of benzene rings is 1. The van der Waals surface area contributed by atoms with Gasteiger partial charge in [-0.15, -0.1) is 0 Å². The van der Waals surface area contributed by atoms with Gasteiger partial charge in [-0.25, -0.2) is 0 Å². The van der Waals surface area contributed by atoms with Crippen LogP contribution < -0.4 is 0 Å². The van der Waals surface area contributed by atoms with Gasteiger partial charge in [0, 0.05) is 18.4 Å². The average molecular weight is 260 g/mol. The van der Waals surface area contributed by atoms with Crippen molar-refractivity contribution in [3.8, 4) is 0 Å². The molecule has 3 heteroatoms. The molecule has 1 aliphatic carbocycles. The predicted molar refractivity (Wildman–Crippen MR) is 73.3 cm³/mol. The molecule has 0 N–H and O–H groups in total. The fourth-order valence-corrected chi connectivity index (χ4v) is 2.55. The number of fused-ring (bicyclic) bond motifs is 1. The highest BCUT2D eigenvalue weighted by Crippen LogP contribution is 2.23. The number of methoxy groups -OCH3 is 1. The highest BCUT2D eigenvalue weighted by atomic mass is 16.5. The Hall–Kier alpha value is -1.64. The monoisotopic (exact) mass is 260 g/mol. The first-order valence-electron chi connectivity index (χ1n) is 6.92. The molecular weight excluding hydrogens is 240 g/mol. The van der Waals surface area contributed by atoms with Crippen LogP contribution in [0.1, 0.15) is 53.6 Å². The van der Waals surface area contributed by atoms with Crippen LogP contribution in [0.2, 0.25) is 0 Å². The van der Waals surface area contributed by atoms with Crippen LogP contribution in [0.4, 0.5) is 0 Å². The molecule has 1 aliphatic rings. The van der Waals surface area contributed by atoms with E-state index in [1.807, 2.05) is 12.1 Å². The van der Waals surface area contributed by atoms with E-state index < -0.39 is 0 Å². The second kappa shape index (κ2) is 6.50. The number of carbonyl (C=O) groups is 2. The van der Waals surface area contributed by atoms with Gasteiger partial charge in [-0.3, -0.25) is 9.59 Å². The summed E-state index contributed by atoms with van der Waals surface area (Å²) in [5.41, 5.74) is 3.49. The van der Waals surface area contributed by atoms with E-state index >= 15 is 0 Å². The molecule has 0 bridgehead atoms. The number of aryl methyl sites for hydroxylation is 2. The van der Waals surface area contributed by atoms with Crippen molar-refractivity contribution in [2.75, 3.05) is 7.11 Å². The number of Topliss-reactive ketones (excluding diaryl/α,β-unsaturated/α-hetero) is 1. The minimum atomic E-state index is -0.252. The number of hydrogen-bond acceptors (Lipinski definition) is 3. The van der Waals surface area contributed by atoms with Gasteiger partial charge in [0.15, 0.2) is 5.78 Å². The lowest BCUT2D eigenvalue weighted by Crippen LogP contribution is -2.07. The summed E-state index contributed by atoms with van der Waals surface area (Å²) in [6.45, 7) is 0. The third kappa shape index (κ3) is 3.66. The SMILES string of the molecule is COC(=O)CCCC(=O)c1ccc2c(c1)CCCC2. The molecule has 0 saturated carbocycles. The fraction of sp³-hybridized carbons (Fsp3) is 0.500. The van der Waals surface area contributed by atoms with Gasteiger partial charge in [-0.1, -0.05) is 12.1 Å². The van der Waals surface area contributed by atoms with Crippen molar-refractivity contribution in [1.82, 2.24) is 0 Å². The Morgan fingerprint density at radius 2 is 1.84 bits per heavy atom. The van der Waals surface area contributed by atoms with Gasteiger partial charge in [0.2, 0.25) is 0 Å². The van der Waals surface area contributed by atoms with Gasteiger partial charge in [0.1, 0.15) is 0 Å². The van der Waals surface area contributed by atoms with Crippen LogP contribution in [-0.2, 0) is 22.4 Å². The molecule has 0 amide bonds. The van der Waals surface area contributed by atoms with Crippen molar-refractivity contribution < 1.29 is 14.3 Å². The zero-order chi connectivity index (χ0) is 13.7. The Labute approximate surface area is 114 Å². The number of carbonyl (C=O) groups excluding carboxylic acids is 2. The summed E-state index contributed by atoms with van der Waals surface area (Å²) in [4.78, 5) is 23.0. The second-order valence-electron chi connectivity index (χ2n) is 5.04. The summed E-state index contributed by atoms with van der Waals surface area (Å²) >= 11 is 0. The molecule has 0 atom stereocenters. The van der Waals surface area contributed by atoms with Crippen molar-refractivity contribution in [3.05, 3.63) is 34.9 Å². The summed E-state index contributed by atoms with van der Waals surface area (Å²) in [6.07, 6.45) is 5.96. The van der Waals surface area contributed by atoms with Crippen molar-refractivity contribution >= 4 is 11.8 Å². The lowest BCUT2D eigenvalue weighted by Gasteiger charge is -2.16. The molecule has 19 heavy (non-hydrogen) atoms. The first kappa shape index (κ1) is 13.8. The number of ketones is 1. The van der Waals surface area contributed by atoms with Crippen LogP contribution in [0.5, 0.6) is 0 Å². The van der Waals surface area contributed by atoms with Crippen molar-refractivity contribution in [2.24, 2.45) is 0 Å². The maximum atomic E-state index is 12.0. The minimum absolute atomic E-state index is 0.122. The van der Waals surface area contributed by atoms with Crippen LogP contribution in [0.15, 0.2) is 18.2 Å². The van der Waals surface area contributed by atoms with E-state index in [9.17, 15) is 9.59 Å². The molecule has 0 radical (unpaired) electrons. The summed E-state index contributed by atoms with van der Waals surface area (Å²) in [7, 11) is 1.37. The number of hydrogen-bond donors (Lipinski definition) is 0. The molecule has 0 fully saturated rings. The van der Waals surface area contributed by atoms with Crippen LogP contribution in [-0.4, -0.2) is 18.9 Å². The zero-order valence-electron chi connectivity index (χ0n) is 11.4. The topological polar surface area (TPSA) is 43.4 Å². The van der Waals surface area contributed by atoms with Crippen LogP contribution >= 0.6 is 0 Å². The van der Waals surface area contributed by atoms with Crippen molar-refractivity contribution in [1.29, 1.82) is 0 Å². The quantitative estimate of drug-likeness (QED) is 0.603. The third-order valence-electron chi connectivity index (χ3n) is 3.68. The van der Waals surface area contributed by atoms with Crippen molar-refractivity contribution in [2.45, 2.75) is 44.9 Å². The van der Waals surface area contributed by atoms with E-state index in [4.69, 9.17) is 0 Å². The van der Waals surface area contributed by atoms with Gasteiger partial charge in [-0.05, 0) is 49.3 Å². The molecule has 0 aromatic heterocycles. The Balaban J connectivity index is 1.94. The normalized spacial score (nSPS) is 13.7. The Morgan fingerprint density at radius 1 is 1.11 bits per heavy atom. The van der Waals surface area contributed by atoms with Gasteiger partial charge in [0.05, 0.1) is 7.11 Å². The molecule has 0 aliphatic heterocycles. The second-order valence-corrected chi connectivity index (χ2v) is 5.04. The van der Waals surface area contributed by atoms with Gasteiger partial charge < -0.3 is 4.74 Å². The van der Waals surface area contributed by atoms with Crippen molar-refractivity contribution in [3.63, 3.8) is 0 Å². The molecular formula is C16H20O3. The fourth-order valence-electron chi connectivity index (χ4n) is 2.55. The first-order valence-corrected chi connectivity index (χ1v) is 6.92. The zero-order valence-corrected chi connectivity index (χ0v) is 11.4. The highest BCUT2D eigenvalue weighted by Gasteiger charge is 2.13. The molecule has 3 nitrogen and oxygen atoms in total. The van der Waals surface area contributed by atoms with Gasteiger partial charge in [-0.2, -0.15) is 0 Å². The summed E-state index contributed by atoms with van der Waals surface area (Å²) < 4.78 is 4.56. The first-order chi connectivity index (χ1) is 9.20. The molecule has 0 saturated heterocycles. The Kier molecular flexibility index (Phi) is 4.72. The molecule has 0 spiro atoms. The Morgan fingerprint density at radius 3 is 2.58 bits per heavy atom.